The van der Waals surface area contributed by atoms with Crippen molar-refractivity contribution in [1.82, 2.24) is 9.38 Å². The van der Waals surface area contributed by atoms with Gasteiger partial charge < -0.3 is 5.11 Å². The second-order valence-electron chi connectivity index (χ2n) is 5.53. The van der Waals surface area contributed by atoms with Crippen molar-refractivity contribution in [2.24, 2.45) is 5.41 Å². The van der Waals surface area contributed by atoms with Gasteiger partial charge in [0.15, 0.2) is 4.96 Å². The van der Waals surface area contributed by atoms with E-state index in [0.29, 0.717) is 6.42 Å². The van der Waals surface area contributed by atoms with Crippen LogP contribution in [0.1, 0.15) is 33.4 Å². The van der Waals surface area contributed by atoms with E-state index in [-0.39, 0.29) is 5.41 Å². The molecule has 0 bridgehead atoms. The second kappa shape index (κ2) is 3.57. The van der Waals surface area contributed by atoms with Crippen molar-refractivity contribution < 1.29 is 5.11 Å². The molecule has 0 aliphatic rings. The van der Waals surface area contributed by atoms with Crippen LogP contribution in [0.2, 0.25) is 0 Å². The van der Waals surface area contributed by atoms with Crippen LogP contribution in [0, 0.1) is 5.41 Å². The lowest BCUT2D eigenvalue weighted by molar-refractivity contribution is -0.0411. The molecule has 0 saturated carbocycles. The highest BCUT2D eigenvalue weighted by Gasteiger charge is 2.35. The van der Waals surface area contributed by atoms with Crippen LogP contribution in [0.4, 0.5) is 0 Å². The van der Waals surface area contributed by atoms with E-state index in [0.717, 1.165) is 10.7 Å². The van der Waals surface area contributed by atoms with Crippen LogP contribution < -0.4 is 0 Å². The molecule has 1 unspecified atom stereocenters. The molecular formula is C12H18N2OS. The number of imidazole rings is 1. The van der Waals surface area contributed by atoms with Gasteiger partial charge in [-0.2, -0.15) is 0 Å². The molecule has 2 aromatic rings. The Morgan fingerprint density at radius 3 is 2.62 bits per heavy atom. The summed E-state index contributed by atoms with van der Waals surface area (Å²) in [7, 11) is 0. The maximum atomic E-state index is 10.4. The molecule has 2 rings (SSSR count). The zero-order valence-electron chi connectivity index (χ0n) is 10.2. The highest BCUT2D eigenvalue weighted by atomic mass is 32.1. The quantitative estimate of drug-likeness (QED) is 0.873. The van der Waals surface area contributed by atoms with Crippen molar-refractivity contribution in [1.29, 1.82) is 0 Å². The number of nitrogens with zero attached hydrogens (tertiary/aromatic N) is 2. The van der Waals surface area contributed by atoms with E-state index in [9.17, 15) is 5.11 Å². The average Bonchev–Trinajstić information content (AvgIpc) is 2.59. The highest BCUT2D eigenvalue weighted by Crippen LogP contribution is 2.32. The summed E-state index contributed by atoms with van der Waals surface area (Å²) in [5, 5.41) is 12.4. The third kappa shape index (κ3) is 1.99. The molecule has 0 aromatic carbocycles. The first-order valence-corrected chi connectivity index (χ1v) is 6.31. The van der Waals surface area contributed by atoms with Crippen molar-refractivity contribution in [2.75, 3.05) is 0 Å². The van der Waals surface area contributed by atoms with Crippen molar-refractivity contribution in [3.05, 3.63) is 23.5 Å². The minimum Gasteiger partial charge on any atom is -0.389 e. The Hall–Kier alpha value is -0.870. The lowest BCUT2D eigenvalue weighted by Gasteiger charge is -2.36. The predicted octanol–water partition coefficient (Wildman–Crippen LogP) is 2.74. The number of thiazole rings is 1. The van der Waals surface area contributed by atoms with Gasteiger partial charge in [0.2, 0.25) is 0 Å². The molecule has 0 aliphatic heterocycles. The summed E-state index contributed by atoms with van der Waals surface area (Å²) >= 11 is 1.61. The van der Waals surface area contributed by atoms with Crippen molar-refractivity contribution >= 4 is 16.3 Å². The van der Waals surface area contributed by atoms with E-state index < -0.39 is 5.60 Å². The third-order valence-corrected chi connectivity index (χ3v) is 4.05. The molecule has 88 valence electrons. The Bertz CT molecular complexity index is 462. The van der Waals surface area contributed by atoms with Gasteiger partial charge in [0.25, 0.3) is 0 Å². The number of hydrogen-bond acceptors (Lipinski definition) is 3. The molecule has 1 atom stereocenters. The Balaban J connectivity index is 2.25. The topological polar surface area (TPSA) is 37.5 Å². The van der Waals surface area contributed by atoms with Crippen molar-refractivity contribution in [3.8, 4) is 0 Å². The van der Waals surface area contributed by atoms with Crippen molar-refractivity contribution in [2.45, 2.75) is 39.7 Å². The largest absolute Gasteiger partial charge is 0.389 e. The van der Waals surface area contributed by atoms with Gasteiger partial charge in [-0.15, -0.1) is 11.3 Å². The summed E-state index contributed by atoms with van der Waals surface area (Å²) < 4.78 is 2.00. The van der Waals surface area contributed by atoms with Crippen LogP contribution in [-0.2, 0) is 6.42 Å². The van der Waals surface area contributed by atoms with Gasteiger partial charge in [-0.1, -0.05) is 20.8 Å². The maximum Gasteiger partial charge on any atom is 0.193 e. The summed E-state index contributed by atoms with van der Waals surface area (Å²) in [4.78, 5) is 5.48. The standard InChI is InChI=1S/C12H18N2OS/c1-11(2,3)12(4,15)7-9-8-14-5-6-16-10(14)13-9/h5-6,8,15H,7H2,1-4H3. The van der Waals surface area contributed by atoms with E-state index in [1.54, 1.807) is 11.3 Å². The normalized spacial score (nSPS) is 16.6. The fourth-order valence-corrected chi connectivity index (χ4v) is 2.20. The number of rotatable bonds is 2. The molecule has 2 heterocycles. The first kappa shape index (κ1) is 11.6. The lowest BCUT2D eigenvalue weighted by Crippen LogP contribution is -2.41. The molecule has 0 aliphatic carbocycles. The minimum absolute atomic E-state index is 0.149. The van der Waals surface area contributed by atoms with E-state index in [1.807, 2.05) is 49.9 Å². The molecule has 0 amide bonds. The summed E-state index contributed by atoms with van der Waals surface area (Å²) in [5.74, 6) is 0. The fraction of sp³-hybridized carbons (Fsp3) is 0.583. The predicted molar refractivity (Wildman–Crippen MR) is 66.9 cm³/mol. The van der Waals surface area contributed by atoms with Crippen LogP contribution in [0.25, 0.3) is 4.96 Å². The van der Waals surface area contributed by atoms with Gasteiger partial charge >= 0.3 is 0 Å². The summed E-state index contributed by atoms with van der Waals surface area (Å²) in [5.41, 5.74) is 0.0629. The molecule has 16 heavy (non-hydrogen) atoms. The number of fused-ring (bicyclic) bond motifs is 1. The van der Waals surface area contributed by atoms with Crippen LogP contribution in [-0.4, -0.2) is 20.1 Å². The first-order chi connectivity index (χ1) is 7.29. The average molecular weight is 238 g/mol. The summed E-state index contributed by atoms with van der Waals surface area (Å²) in [6.07, 6.45) is 4.57. The number of aromatic nitrogens is 2. The van der Waals surface area contributed by atoms with Crippen LogP contribution in [0.15, 0.2) is 17.8 Å². The fourth-order valence-electron chi connectivity index (χ4n) is 1.48. The Kier molecular flexibility index (Phi) is 2.59. The van der Waals surface area contributed by atoms with Gasteiger partial charge in [0.1, 0.15) is 0 Å². The molecule has 1 N–H and O–H groups in total. The van der Waals surface area contributed by atoms with Gasteiger partial charge in [-0.25, -0.2) is 4.98 Å². The molecule has 3 nitrogen and oxygen atoms in total. The summed E-state index contributed by atoms with van der Waals surface area (Å²) in [6.45, 7) is 8.02. The maximum absolute atomic E-state index is 10.4. The first-order valence-electron chi connectivity index (χ1n) is 5.43. The van der Waals surface area contributed by atoms with Gasteiger partial charge in [0, 0.05) is 24.2 Å². The molecule has 0 spiro atoms. The number of hydrogen-bond donors (Lipinski definition) is 1. The third-order valence-electron chi connectivity index (χ3n) is 3.28. The number of aliphatic hydroxyl groups is 1. The van der Waals surface area contributed by atoms with Gasteiger partial charge in [-0.05, 0) is 12.3 Å². The molecule has 2 aromatic heterocycles. The van der Waals surface area contributed by atoms with Crippen LogP contribution in [0.5, 0.6) is 0 Å². The second-order valence-corrected chi connectivity index (χ2v) is 6.40. The minimum atomic E-state index is -0.739. The van der Waals surface area contributed by atoms with Gasteiger partial charge in [-0.3, -0.25) is 4.40 Å². The lowest BCUT2D eigenvalue weighted by atomic mass is 9.75. The monoisotopic (exact) mass is 238 g/mol. The smallest absolute Gasteiger partial charge is 0.193 e. The van der Waals surface area contributed by atoms with Crippen molar-refractivity contribution in [3.63, 3.8) is 0 Å². The van der Waals surface area contributed by atoms with E-state index in [2.05, 4.69) is 4.98 Å². The molecule has 0 fully saturated rings. The summed E-state index contributed by atoms with van der Waals surface area (Å²) in [6, 6.07) is 0. The van der Waals surface area contributed by atoms with E-state index >= 15 is 0 Å². The molecule has 4 heteroatoms. The Morgan fingerprint density at radius 2 is 2.06 bits per heavy atom. The zero-order chi connectivity index (χ0) is 12.0. The molecule has 0 saturated heterocycles. The van der Waals surface area contributed by atoms with Gasteiger partial charge in [0.05, 0.1) is 11.3 Å². The van der Waals surface area contributed by atoms with E-state index in [4.69, 9.17) is 0 Å². The Morgan fingerprint density at radius 1 is 1.38 bits per heavy atom. The van der Waals surface area contributed by atoms with Crippen LogP contribution in [0.3, 0.4) is 0 Å². The SMILES string of the molecule is CC(C)(C)C(C)(O)Cc1cn2ccsc2n1. The molecular weight excluding hydrogens is 220 g/mol. The zero-order valence-corrected chi connectivity index (χ0v) is 11.0. The van der Waals surface area contributed by atoms with Crippen LogP contribution >= 0.6 is 11.3 Å². The highest BCUT2D eigenvalue weighted by molar-refractivity contribution is 7.15. The molecule has 0 radical (unpaired) electrons. The van der Waals surface area contributed by atoms with E-state index in [1.165, 1.54) is 0 Å². The Labute approximate surface area is 99.8 Å².